The molecule has 4 heteroatoms. The average Bonchev–Trinajstić information content (AvgIpc) is 2.54. The SMILES string of the molecule is O=C1CCc2cc(OC(S)CCc3ccccc3)ccc2N1. The number of thiol groups is 1. The van der Waals surface area contributed by atoms with Crippen molar-refractivity contribution in [3.8, 4) is 5.75 Å². The highest BCUT2D eigenvalue weighted by Crippen LogP contribution is 2.28. The molecule has 2 aromatic carbocycles. The zero-order valence-electron chi connectivity index (χ0n) is 12.3. The largest absolute Gasteiger partial charge is 0.480 e. The minimum Gasteiger partial charge on any atom is -0.480 e. The van der Waals surface area contributed by atoms with Gasteiger partial charge in [-0.15, -0.1) is 12.6 Å². The molecular formula is C18H19NO2S. The monoisotopic (exact) mass is 313 g/mol. The molecule has 1 aliphatic heterocycles. The second kappa shape index (κ2) is 6.88. The van der Waals surface area contributed by atoms with Crippen LogP contribution in [0.2, 0.25) is 0 Å². The summed E-state index contributed by atoms with van der Waals surface area (Å²) in [6.45, 7) is 0. The van der Waals surface area contributed by atoms with Crippen molar-refractivity contribution in [2.24, 2.45) is 0 Å². The molecule has 0 fully saturated rings. The average molecular weight is 313 g/mol. The number of hydrogen-bond donors (Lipinski definition) is 2. The summed E-state index contributed by atoms with van der Waals surface area (Å²) in [6, 6.07) is 16.1. The number of fused-ring (bicyclic) bond motifs is 1. The van der Waals surface area contributed by atoms with Crippen LogP contribution in [-0.2, 0) is 17.6 Å². The second-order valence-corrected chi connectivity index (χ2v) is 6.04. The molecule has 1 unspecified atom stereocenters. The molecule has 0 aromatic heterocycles. The molecule has 0 bridgehead atoms. The number of carbonyl (C=O) groups is 1. The van der Waals surface area contributed by atoms with Crippen molar-refractivity contribution < 1.29 is 9.53 Å². The summed E-state index contributed by atoms with van der Waals surface area (Å²) < 4.78 is 5.88. The number of aryl methyl sites for hydroxylation is 2. The van der Waals surface area contributed by atoms with Crippen LogP contribution in [0.1, 0.15) is 24.0 Å². The second-order valence-electron chi connectivity index (χ2n) is 5.46. The number of amides is 1. The van der Waals surface area contributed by atoms with Crippen molar-refractivity contribution in [2.75, 3.05) is 5.32 Å². The van der Waals surface area contributed by atoms with Crippen molar-refractivity contribution in [2.45, 2.75) is 31.1 Å². The van der Waals surface area contributed by atoms with Crippen molar-refractivity contribution in [3.05, 3.63) is 59.7 Å². The van der Waals surface area contributed by atoms with E-state index in [2.05, 4.69) is 30.1 Å². The lowest BCUT2D eigenvalue weighted by molar-refractivity contribution is -0.116. The van der Waals surface area contributed by atoms with Crippen molar-refractivity contribution in [3.63, 3.8) is 0 Å². The minimum absolute atomic E-state index is 0.0797. The zero-order chi connectivity index (χ0) is 15.4. The highest BCUT2D eigenvalue weighted by Gasteiger charge is 2.15. The van der Waals surface area contributed by atoms with Crippen LogP contribution < -0.4 is 10.1 Å². The van der Waals surface area contributed by atoms with Crippen LogP contribution >= 0.6 is 12.6 Å². The fourth-order valence-corrected chi connectivity index (χ4v) is 2.83. The summed E-state index contributed by atoms with van der Waals surface area (Å²) in [6.07, 6.45) is 3.09. The fraction of sp³-hybridized carbons (Fsp3) is 0.278. The fourth-order valence-electron chi connectivity index (χ4n) is 2.58. The van der Waals surface area contributed by atoms with E-state index in [-0.39, 0.29) is 11.3 Å². The number of ether oxygens (including phenoxy) is 1. The molecule has 2 aromatic rings. The maximum Gasteiger partial charge on any atom is 0.224 e. The smallest absolute Gasteiger partial charge is 0.224 e. The van der Waals surface area contributed by atoms with Gasteiger partial charge in [-0.2, -0.15) is 0 Å². The quantitative estimate of drug-likeness (QED) is 0.650. The predicted octanol–water partition coefficient (Wildman–Crippen LogP) is 3.84. The molecule has 0 saturated carbocycles. The van der Waals surface area contributed by atoms with Gasteiger partial charge in [-0.3, -0.25) is 4.79 Å². The minimum atomic E-state index is -0.142. The Labute approximate surface area is 136 Å². The van der Waals surface area contributed by atoms with E-state index >= 15 is 0 Å². The van der Waals surface area contributed by atoms with E-state index in [1.54, 1.807) is 0 Å². The maximum absolute atomic E-state index is 11.4. The summed E-state index contributed by atoms with van der Waals surface area (Å²) in [5, 5.41) is 2.87. The number of anilines is 1. The Kier molecular flexibility index (Phi) is 4.68. The number of rotatable bonds is 5. The molecule has 1 amide bonds. The molecule has 114 valence electrons. The molecule has 0 aliphatic carbocycles. The van der Waals surface area contributed by atoms with Crippen LogP contribution in [0, 0.1) is 0 Å². The third kappa shape index (κ3) is 3.83. The number of nitrogens with one attached hydrogen (secondary N) is 1. The Hall–Kier alpha value is -1.94. The Balaban J connectivity index is 1.57. The van der Waals surface area contributed by atoms with Gasteiger partial charge in [0.25, 0.3) is 0 Å². The Morgan fingerprint density at radius 1 is 1.14 bits per heavy atom. The summed E-state index contributed by atoms with van der Waals surface area (Å²) in [4.78, 5) is 11.4. The number of carbonyl (C=O) groups excluding carboxylic acids is 1. The van der Waals surface area contributed by atoms with E-state index in [9.17, 15) is 4.79 Å². The van der Waals surface area contributed by atoms with Gasteiger partial charge >= 0.3 is 0 Å². The molecule has 1 atom stereocenters. The molecule has 3 rings (SSSR count). The van der Waals surface area contributed by atoms with Crippen LogP contribution in [0.15, 0.2) is 48.5 Å². The van der Waals surface area contributed by atoms with E-state index in [4.69, 9.17) is 4.74 Å². The summed E-state index contributed by atoms with van der Waals surface area (Å²) in [5.74, 6) is 0.888. The van der Waals surface area contributed by atoms with Crippen LogP contribution in [-0.4, -0.2) is 11.3 Å². The van der Waals surface area contributed by atoms with E-state index in [1.165, 1.54) is 5.56 Å². The Bertz CT molecular complexity index is 657. The van der Waals surface area contributed by atoms with Gasteiger partial charge in [-0.1, -0.05) is 30.3 Å². The first-order chi connectivity index (χ1) is 10.7. The Morgan fingerprint density at radius 3 is 2.77 bits per heavy atom. The summed E-state index contributed by atoms with van der Waals surface area (Å²) in [7, 11) is 0. The first-order valence-corrected chi connectivity index (χ1v) is 8.04. The lowest BCUT2D eigenvalue weighted by Crippen LogP contribution is -2.19. The van der Waals surface area contributed by atoms with Gasteiger partial charge in [0.05, 0.1) is 0 Å². The van der Waals surface area contributed by atoms with E-state index in [1.807, 2.05) is 36.4 Å². The first kappa shape index (κ1) is 15.0. The predicted molar refractivity (Wildman–Crippen MR) is 91.6 cm³/mol. The third-order valence-electron chi connectivity index (χ3n) is 3.77. The van der Waals surface area contributed by atoms with Gasteiger partial charge in [-0.25, -0.2) is 0 Å². The standard InChI is InChI=1S/C18H19NO2S/c20-17-10-7-14-12-15(8-9-16(14)19-17)21-18(22)11-6-13-4-2-1-3-5-13/h1-5,8-9,12,18,22H,6-7,10-11H2,(H,19,20). The van der Waals surface area contributed by atoms with Crippen LogP contribution in [0.4, 0.5) is 5.69 Å². The highest BCUT2D eigenvalue weighted by molar-refractivity contribution is 7.80. The van der Waals surface area contributed by atoms with Crippen LogP contribution in [0.3, 0.4) is 0 Å². The zero-order valence-corrected chi connectivity index (χ0v) is 13.2. The number of benzene rings is 2. The van der Waals surface area contributed by atoms with Crippen LogP contribution in [0.25, 0.3) is 0 Å². The summed E-state index contributed by atoms with van der Waals surface area (Å²) in [5.41, 5.74) is 3.17. The highest BCUT2D eigenvalue weighted by atomic mass is 32.1. The van der Waals surface area contributed by atoms with Gasteiger partial charge in [0, 0.05) is 12.1 Å². The lowest BCUT2D eigenvalue weighted by Gasteiger charge is -2.19. The Morgan fingerprint density at radius 2 is 1.95 bits per heavy atom. The molecule has 1 heterocycles. The van der Waals surface area contributed by atoms with Crippen molar-refractivity contribution in [1.82, 2.24) is 0 Å². The van der Waals surface area contributed by atoms with Crippen molar-refractivity contribution >= 4 is 24.2 Å². The molecule has 1 aliphatic rings. The third-order valence-corrected chi connectivity index (χ3v) is 4.13. The van der Waals surface area contributed by atoms with Gasteiger partial charge < -0.3 is 10.1 Å². The first-order valence-electron chi connectivity index (χ1n) is 7.52. The van der Waals surface area contributed by atoms with Gasteiger partial charge in [-0.05, 0) is 48.6 Å². The molecule has 22 heavy (non-hydrogen) atoms. The van der Waals surface area contributed by atoms with Gasteiger partial charge in [0.1, 0.15) is 11.2 Å². The van der Waals surface area contributed by atoms with Crippen LogP contribution in [0.5, 0.6) is 5.75 Å². The molecule has 0 radical (unpaired) electrons. The van der Waals surface area contributed by atoms with E-state index in [0.717, 1.165) is 36.3 Å². The normalized spacial score (nSPS) is 14.9. The molecular weight excluding hydrogens is 294 g/mol. The van der Waals surface area contributed by atoms with Crippen molar-refractivity contribution in [1.29, 1.82) is 0 Å². The topological polar surface area (TPSA) is 38.3 Å². The number of hydrogen-bond acceptors (Lipinski definition) is 3. The van der Waals surface area contributed by atoms with Gasteiger partial charge in [0.2, 0.25) is 5.91 Å². The molecule has 3 nitrogen and oxygen atoms in total. The molecule has 1 N–H and O–H groups in total. The maximum atomic E-state index is 11.4. The van der Waals surface area contributed by atoms with Gasteiger partial charge in [0.15, 0.2) is 0 Å². The summed E-state index contributed by atoms with van der Waals surface area (Å²) >= 11 is 4.52. The van der Waals surface area contributed by atoms with E-state index < -0.39 is 0 Å². The lowest BCUT2D eigenvalue weighted by atomic mass is 10.0. The molecule has 0 saturated heterocycles. The van der Waals surface area contributed by atoms with E-state index in [0.29, 0.717) is 6.42 Å². The molecule has 0 spiro atoms.